The second-order valence-corrected chi connectivity index (χ2v) is 10.8. The third kappa shape index (κ3) is 8.34. The van der Waals surface area contributed by atoms with Crippen molar-refractivity contribution in [3.8, 4) is 17.4 Å². The molecule has 216 valence electrons. The first kappa shape index (κ1) is 30.7. The minimum absolute atomic E-state index is 0.0369. The van der Waals surface area contributed by atoms with E-state index in [0.717, 1.165) is 6.26 Å². The molecule has 11 nitrogen and oxygen atoms in total. The highest BCUT2D eigenvalue weighted by atomic mass is 35.5. The lowest BCUT2D eigenvalue weighted by atomic mass is 10.1. The van der Waals surface area contributed by atoms with Crippen molar-refractivity contribution in [2.75, 3.05) is 50.6 Å². The molecule has 3 rings (SSSR count). The Labute approximate surface area is 233 Å². The number of amides is 1. The fraction of sp³-hybridized carbons (Fsp3) is 0.292. The number of alkyl halides is 3. The Hall–Kier alpha value is -3.82. The molecule has 40 heavy (non-hydrogen) atoms. The van der Waals surface area contributed by atoms with E-state index in [1.54, 1.807) is 0 Å². The van der Waals surface area contributed by atoms with Gasteiger partial charge in [-0.15, -0.1) is 0 Å². The van der Waals surface area contributed by atoms with Gasteiger partial charge in [0.2, 0.25) is 21.9 Å². The number of likely N-dealkylation sites (N-methyl/N-ethyl adjacent to an activating group) is 1. The van der Waals surface area contributed by atoms with Gasteiger partial charge in [-0.1, -0.05) is 23.7 Å². The van der Waals surface area contributed by atoms with Crippen LogP contribution in [-0.4, -0.2) is 69.7 Å². The lowest BCUT2D eigenvalue weighted by molar-refractivity contribution is -0.139. The van der Waals surface area contributed by atoms with E-state index in [-0.39, 0.29) is 39.4 Å². The summed E-state index contributed by atoms with van der Waals surface area (Å²) in [4.78, 5) is 22.0. The number of nitrogens with zero attached hydrogens (tertiary/aromatic N) is 3. The number of anilines is 3. The molecule has 16 heteroatoms. The van der Waals surface area contributed by atoms with Crippen LogP contribution in [0, 0.1) is 0 Å². The van der Waals surface area contributed by atoms with E-state index in [2.05, 4.69) is 25.3 Å². The molecule has 0 aliphatic carbocycles. The van der Waals surface area contributed by atoms with Crippen LogP contribution in [0.4, 0.5) is 30.5 Å². The first-order valence-corrected chi connectivity index (χ1v) is 13.7. The van der Waals surface area contributed by atoms with Crippen LogP contribution in [0.25, 0.3) is 0 Å². The molecule has 1 amide bonds. The number of aromatic nitrogens is 2. The molecule has 0 unspecified atom stereocenters. The van der Waals surface area contributed by atoms with Gasteiger partial charge in [-0.3, -0.25) is 9.52 Å². The SMILES string of the molecule is COc1cc(C(=O)NCCN(C)C)c(Cl)cc1Nc1ncc(C(F)(F)F)c(Oc2ccccc2NS(C)(=O)=O)n1. The van der Waals surface area contributed by atoms with Gasteiger partial charge in [0.1, 0.15) is 11.3 Å². The van der Waals surface area contributed by atoms with E-state index in [0.29, 0.717) is 19.3 Å². The molecule has 0 saturated heterocycles. The molecule has 0 aliphatic rings. The van der Waals surface area contributed by atoms with Crippen molar-refractivity contribution in [2.45, 2.75) is 6.18 Å². The standard InChI is InChI=1S/C24H26ClF3N6O5S/c1-34(2)10-9-29-21(35)14-11-20(38-3)18(12-16(14)25)31-23-30-13-15(24(26,27)28)22(32-23)39-19-8-6-5-7-17(19)33-40(4,36)37/h5-8,11-13,33H,9-10H2,1-4H3,(H,29,35)(H,30,31,32). The second-order valence-electron chi connectivity index (χ2n) is 8.60. The number of hydrogen-bond donors (Lipinski definition) is 3. The van der Waals surface area contributed by atoms with Gasteiger partial charge in [-0.05, 0) is 38.4 Å². The Morgan fingerprint density at radius 2 is 1.82 bits per heavy atom. The number of sulfonamides is 1. The first-order valence-electron chi connectivity index (χ1n) is 11.4. The predicted molar refractivity (Wildman–Crippen MR) is 144 cm³/mol. The highest BCUT2D eigenvalue weighted by molar-refractivity contribution is 7.92. The number of carbonyl (C=O) groups excluding carboxylic acids is 1. The summed E-state index contributed by atoms with van der Waals surface area (Å²) >= 11 is 6.32. The minimum atomic E-state index is -4.89. The molecule has 0 saturated carbocycles. The smallest absolute Gasteiger partial charge is 0.423 e. The topological polar surface area (TPSA) is 135 Å². The molecular weight excluding hydrogens is 577 g/mol. The monoisotopic (exact) mass is 602 g/mol. The minimum Gasteiger partial charge on any atom is -0.495 e. The van der Waals surface area contributed by atoms with Crippen molar-refractivity contribution in [3.05, 3.63) is 58.7 Å². The van der Waals surface area contributed by atoms with Gasteiger partial charge in [0, 0.05) is 19.3 Å². The summed E-state index contributed by atoms with van der Waals surface area (Å²) in [6, 6.07) is 8.21. The van der Waals surface area contributed by atoms with Crippen LogP contribution < -0.4 is 24.8 Å². The van der Waals surface area contributed by atoms with Gasteiger partial charge >= 0.3 is 6.18 Å². The molecule has 0 spiro atoms. The van der Waals surface area contributed by atoms with Crippen molar-refractivity contribution in [1.29, 1.82) is 0 Å². The number of rotatable bonds is 11. The van der Waals surface area contributed by atoms with Crippen molar-refractivity contribution in [2.24, 2.45) is 0 Å². The number of benzene rings is 2. The van der Waals surface area contributed by atoms with Crippen LogP contribution in [0.1, 0.15) is 15.9 Å². The Bertz CT molecular complexity index is 1490. The van der Waals surface area contributed by atoms with Crippen LogP contribution in [0.3, 0.4) is 0 Å². The molecule has 3 aromatic rings. The molecule has 0 fully saturated rings. The maximum atomic E-state index is 13.7. The summed E-state index contributed by atoms with van der Waals surface area (Å²) in [5.74, 6) is -1.76. The number of hydrogen-bond acceptors (Lipinski definition) is 9. The zero-order chi connectivity index (χ0) is 29.7. The van der Waals surface area contributed by atoms with Gasteiger partial charge in [-0.25, -0.2) is 13.4 Å². The Morgan fingerprint density at radius 1 is 1.12 bits per heavy atom. The lowest BCUT2D eigenvalue weighted by Crippen LogP contribution is -2.31. The average Bonchev–Trinajstić information content (AvgIpc) is 2.83. The molecule has 1 heterocycles. The van der Waals surface area contributed by atoms with Crippen molar-refractivity contribution in [1.82, 2.24) is 20.2 Å². The summed E-state index contributed by atoms with van der Waals surface area (Å²) < 4.78 is 77.5. The van der Waals surface area contributed by atoms with E-state index in [1.807, 2.05) is 19.0 Å². The molecule has 2 aromatic carbocycles. The van der Waals surface area contributed by atoms with E-state index in [4.69, 9.17) is 21.1 Å². The lowest BCUT2D eigenvalue weighted by Gasteiger charge is -2.17. The van der Waals surface area contributed by atoms with Crippen LogP contribution >= 0.6 is 11.6 Å². The summed E-state index contributed by atoms with van der Waals surface area (Å²) in [6.07, 6.45) is -3.50. The number of carbonyl (C=O) groups is 1. The fourth-order valence-corrected chi connectivity index (χ4v) is 4.06. The summed E-state index contributed by atoms with van der Waals surface area (Å²) in [5.41, 5.74) is -1.13. The Kier molecular flexibility index (Phi) is 9.65. The molecule has 3 N–H and O–H groups in total. The van der Waals surface area contributed by atoms with Crippen molar-refractivity contribution in [3.63, 3.8) is 0 Å². The van der Waals surface area contributed by atoms with Gasteiger partial charge in [0.25, 0.3) is 5.91 Å². The summed E-state index contributed by atoms with van der Waals surface area (Å²) in [7, 11) is 1.27. The van der Waals surface area contributed by atoms with Gasteiger partial charge in [-0.2, -0.15) is 18.2 Å². The van der Waals surface area contributed by atoms with E-state index in [1.165, 1.54) is 43.5 Å². The number of nitrogens with one attached hydrogen (secondary N) is 3. The largest absolute Gasteiger partial charge is 0.495 e. The van der Waals surface area contributed by atoms with Crippen molar-refractivity contribution < 1.29 is 35.9 Å². The third-order valence-corrected chi connectivity index (χ3v) is 5.98. The number of ether oxygens (including phenoxy) is 2. The highest BCUT2D eigenvalue weighted by Crippen LogP contribution is 2.40. The zero-order valence-electron chi connectivity index (χ0n) is 21.8. The maximum Gasteiger partial charge on any atom is 0.423 e. The number of para-hydroxylation sites is 2. The molecule has 0 radical (unpaired) electrons. The summed E-state index contributed by atoms with van der Waals surface area (Å²) in [5, 5.41) is 5.48. The molecule has 0 atom stereocenters. The Morgan fingerprint density at radius 3 is 2.45 bits per heavy atom. The first-order chi connectivity index (χ1) is 18.7. The molecule has 0 bridgehead atoms. The molecule has 0 aliphatic heterocycles. The van der Waals surface area contributed by atoms with Gasteiger partial charge in [0.05, 0.1) is 35.3 Å². The summed E-state index contributed by atoms with van der Waals surface area (Å²) in [6.45, 7) is 0.972. The molecule has 1 aromatic heterocycles. The maximum absolute atomic E-state index is 13.7. The zero-order valence-corrected chi connectivity index (χ0v) is 23.3. The fourth-order valence-electron chi connectivity index (χ4n) is 3.25. The van der Waals surface area contributed by atoms with E-state index in [9.17, 15) is 26.4 Å². The quantitative estimate of drug-likeness (QED) is 0.293. The highest BCUT2D eigenvalue weighted by Gasteiger charge is 2.37. The molecular formula is C24H26ClF3N6O5S. The average molecular weight is 603 g/mol. The van der Waals surface area contributed by atoms with Crippen molar-refractivity contribution >= 4 is 44.9 Å². The normalized spacial score (nSPS) is 11.7. The van der Waals surface area contributed by atoms with Crippen LogP contribution in [-0.2, 0) is 16.2 Å². The number of methoxy groups -OCH3 is 1. The van der Waals surface area contributed by atoms with Gasteiger partial charge in [0.15, 0.2) is 5.75 Å². The predicted octanol–water partition coefficient (Wildman–Crippen LogP) is 4.36. The van der Waals surface area contributed by atoms with E-state index >= 15 is 0 Å². The second kappa shape index (κ2) is 12.6. The number of halogens is 4. The Balaban J connectivity index is 1.95. The van der Waals surface area contributed by atoms with Crippen LogP contribution in [0.2, 0.25) is 5.02 Å². The van der Waals surface area contributed by atoms with Gasteiger partial charge < -0.3 is 25.0 Å². The van der Waals surface area contributed by atoms with Crippen LogP contribution in [0.5, 0.6) is 17.4 Å². The van der Waals surface area contributed by atoms with E-state index < -0.39 is 33.6 Å². The third-order valence-electron chi connectivity index (χ3n) is 5.07. The van der Waals surface area contributed by atoms with Crippen LogP contribution in [0.15, 0.2) is 42.6 Å².